The van der Waals surface area contributed by atoms with Gasteiger partial charge in [0.05, 0.1) is 6.54 Å². The van der Waals surface area contributed by atoms with Crippen molar-refractivity contribution in [2.45, 2.75) is 51.6 Å². The summed E-state index contributed by atoms with van der Waals surface area (Å²) in [5.41, 5.74) is 0.379. The molecule has 2 aliphatic rings. The van der Waals surface area contributed by atoms with E-state index in [0.717, 1.165) is 50.1 Å². The van der Waals surface area contributed by atoms with Gasteiger partial charge in [0.25, 0.3) is 0 Å². The Kier molecular flexibility index (Phi) is 7.27. The van der Waals surface area contributed by atoms with E-state index in [1.165, 1.54) is 25.7 Å². The van der Waals surface area contributed by atoms with E-state index in [4.69, 9.17) is 4.74 Å². The van der Waals surface area contributed by atoms with Crippen LogP contribution in [0, 0.1) is 5.41 Å². The van der Waals surface area contributed by atoms with Crippen LogP contribution in [0.25, 0.3) is 0 Å². The summed E-state index contributed by atoms with van der Waals surface area (Å²) in [5.74, 6) is 2.94. The van der Waals surface area contributed by atoms with E-state index < -0.39 is 0 Å². The highest BCUT2D eigenvalue weighted by molar-refractivity contribution is 14.0. The number of hydrogen-bond acceptors (Lipinski definition) is 4. The van der Waals surface area contributed by atoms with Crippen LogP contribution >= 0.6 is 24.0 Å². The highest BCUT2D eigenvalue weighted by atomic mass is 127. The zero-order chi connectivity index (χ0) is 16.1. The molecule has 1 aliphatic carbocycles. The van der Waals surface area contributed by atoms with Gasteiger partial charge in [0, 0.05) is 40.3 Å². The number of ether oxygens (including phenoxy) is 1. The summed E-state index contributed by atoms with van der Waals surface area (Å²) in [6.07, 6.45) is 7.21. The highest BCUT2D eigenvalue weighted by Crippen LogP contribution is 2.43. The SMILES string of the molecule is CN=C(NCc1nnc2n1CCC2)NCC1(CCOC)CCC1.I. The molecule has 2 N–H and O–H groups in total. The largest absolute Gasteiger partial charge is 0.385 e. The fourth-order valence-electron chi connectivity index (χ4n) is 3.51. The first-order valence-electron chi connectivity index (χ1n) is 8.61. The number of guanidine groups is 1. The van der Waals surface area contributed by atoms with Gasteiger partial charge in [0.1, 0.15) is 5.82 Å². The Labute approximate surface area is 161 Å². The molecule has 0 spiro atoms. The minimum atomic E-state index is 0. The normalized spacial score (nSPS) is 18.5. The number of rotatable bonds is 7. The van der Waals surface area contributed by atoms with Crippen LogP contribution in [0.5, 0.6) is 0 Å². The maximum absolute atomic E-state index is 5.25. The van der Waals surface area contributed by atoms with E-state index >= 15 is 0 Å². The summed E-state index contributed by atoms with van der Waals surface area (Å²) in [7, 11) is 3.59. The molecule has 0 amide bonds. The van der Waals surface area contributed by atoms with Crippen molar-refractivity contribution < 1.29 is 4.74 Å². The third kappa shape index (κ3) is 4.38. The number of nitrogens with zero attached hydrogens (tertiary/aromatic N) is 4. The summed E-state index contributed by atoms with van der Waals surface area (Å²) >= 11 is 0. The van der Waals surface area contributed by atoms with E-state index in [1.54, 1.807) is 7.11 Å². The predicted octanol–water partition coefficient (Wildman–Crippen LogP) is 1.71. The molecule has 1 fully saturated rings. The number of aromatic nitrogens is 3. The Morgan fingerprint density at radius 1 is 1.29 bits per heavy atom. The molecule has 24 heavy (non-hydrogen) atoms. The Balaban J connectivity index is 0.00000208. The lowest BCUT2D eigenvalue weighted by molar-refractivity contribution is 0.0732. The first kappa shape index (κ1) is 19.4. The number of aliphatic imine (C=N–C) groups is 1. The summed E-state index contributed by atoms with van der Waals surface area (Å²) in [4.78, 5) is 4.33. The molecule has 0 unspecified atom stereocenters. The van der Waals surface area contributed by atoms with E-state index in [9.17, 15) is 0 Å². The van der Waals surface area contributed by atoms with Crippen molar-refractivity contribution in [1.29, 1.82) is 0 Å². The quantitative estimate of drug-likeness (QED) is 0.378. The molecule has 0 saturated heterocycles. The van der Waals surface area contributed by atoms with Gasteiger partial charge >= 0.3 is 0 Å². The zero-order valence-corrected chi connectivity index (χ0v) is 17.0. The number of hydrogen-bond donors (Lipinski definition) is 2. The molecule has 0 bridgehead atoms. The van der Waals surface area contributed by atoms with Crippen molar-refractivity contribution in [3.05, 3.63) is 11.6 Å². The lowest BCUT2D eigenvalue weighted by Crippen LogP contribution is -2.46. The van der Waals surface area contributed by atoms with Crippen LogP contribution in [0.1, 0.15) is 43.8 Å². The number of methoxy groups -OCH3 is 1. The van der Waals surface area contributed by atoms with Crippen LogP contribution in [0.2, 0.25) is 0 Å². The fourth-order valence-corrected chi connectivity index (χ4v) is 3.51. The van der Waals surface area contributed by atoms with Gasteiger partial charge in [-0.05, 0) is 31.1 Å². The molecule has 3 rings (SSSR count). The number of aryl methyl sites for hydroxylation is 1. The van der Waals surface area contributed by atoms with Crippen LogP contribution in [0.3, 0.4) is 0 Å². The van der Waals surface area contributed by atoms with Crippen LogP contribution in [-0.4, -0.2) is 48.0 Å². The standard InChI is InChI=1S/C16H28N6O.HI/c1-17-15(19-12-16(6-4-7-16)8-10-23-2)18-11-14-21-20-13-5-3-9-22(13)14;/h3-12H2,1-2H3,(H2,17,18,19);1H. The topological polar surface area (TPSA) is 76.4 Å². The summed E-state index contributed by atoms with van der Waals surface area (Å²) in [6, 6.07) is 0. The Morgan fingerprint density at radius 2 is 2.12 bits per heavy atom. The molecular weight excluding hydrogens is 419 g/mol. The molecule has 1 aromatic heterocycles. The molecule has 1 aliphatic heterocycles. The Hall–Kier alpha value is -0.900. The predicted molar refractivity (Wildman–Crippen MR) is 105 cm³/mol. The minimum Gasteiger partial charge on any atom is -0.385 e. The highest BCUT2D eigenvalue weighted by Gasteiger charge is 2.36. The Morgan fingerprint density at radius 3 is 2.79 bits per heavy atom. The fraction of sp³-hybridized carbons (Fsp3) is 0.812. The molecule has 8 heteroatoms. The van der Waals surface area contributed by atoms with E-state index in [1.807, 2.05) is 7.05 Å². The average molecular weight is 448 g/mol. The molecule has 0 atom stereocenters. The maximum Gasteiger partial charge on any atom is 0.191 e. The zero-order valence-electron chi connectivity index (χ0n) is 14.7. The summed E-state index contributed by atoms with van der Waals surface area (Å²) < 4.78 is 7.47. The van der Waals surface area contributed by atoms with Crippen LogP contribution in [0.4, 0.5) is 0 Å². The van der Waals surface area contributed by atoms with E-state index in [2.05, 4.69) is 30.4 Å². The van der Waals surface area contributed by atoms with E-state index in [-0.39, 0.29) is 24.0 Å². The smallest absolute Gasteiger partial charge is 0.191 e. The monoisotopic (exact) mass is 448 g/mol. The first-order valence-corrected chi connectivity index (χ1v) is 8.61. The van der Waals surface area contributed by atoms with Gasteiger partial charge in [-0.25, -0.2) is 0 Å². The average Bonchev–Trinajstić information content (AvgIpc) is 3.12. The second kappa shape index (κ2) is 8.98. The molecular formula is C16H29IN6O. The van der Waals surface area contributed by atoms with Crippen LogP contribution in [0.15, 0.2) is 4.99 Å². The van der Waals surface area contributed by atoms with Gasteiger partial charge in [-0.2, -0.15) is 0 Å². The number of halogens is 1. The van der Waals surface area contributed by atoms with Gasteiger partial charge < -0.3 is 19.9 Å². The molecule has 1 saturated carbocycles. The third-order valence-corrected chi connectivity index (χ3v) is 5.21. The lowest BCUT2D eigenvalue weighted by Gasteiger charge is -2.42. The van der Waals surface area contributed by atoms with Crippen LogP contribution in [-0.2, 0) is 24.2 Å². The van der Waals surface area contributed by atoms with Gasteiger partial charge in [0.2, 0.25) is 0 Å². The van der Waals surface area contributed by atoms with Gasteiger partial charge in [-0.1, -0.05) is 6.42 Å². The molecule has 0 radical (unpaired) electrons. The van der Waals surface area contributed by atoms with Gasteiger partial charge in [-0.3, -0.25) is 4.99 Å². The van der Waals surface area contributed by atoms with Crippen molar-refractivity contribution in [2.75, 3.05) is 27.3 Å². The van der Waals surface area contributed by atoms with Crippen LogP contribution < -0.4 is 10.6 Å². The summed E-state index contributed by atoms with van der Waals surface area (Å²) in [5, 5.41) is 15.4. The molecule has 0 aromatic carbocycles. The van der Waals surface area contributed by atoms with Crippen molar-refractivity contribution in [3.63, 3.8) is 0 Å². The molecule has 1 aromatic rings. The molecule has 2 heterocycles. The Bertz CT molecular complexity index is 555. The molecule has 7 nitrogen and oxygen atoms in total. The summed E-state index contributed by atoms with van der Waals surface area (Å²) in [6.45, 7) is 3.48. The van der Waals surface area contributed by atoms with E-state index in [0.29, 0.717) is 12.0 Å². The molecule has 136 valence electrons. The van der Waals surface area contributed by atoms with Crippen molar-refractivity contribution in [2.24, 2.45) is 10.4 Å². The van der Waals surface area contributed by atoms with Crippen molar-refractivity contribution in [3.8, 4) is 0 Å². The van der Waals surface area contributed by atoms with Gasteiger partial charge in [0.15, 0.2) is 11.8 Å². The third-order valence-electron chi connectivity index (χ3n) is 5.21. The van der Waals surface area contributed by atoms with Crippen molar-refractivity contribution in [1.82, 2.24) is 25.4 Å². The second-order valence-corrected chi connectivity index (χ2v) is 6.66. The number of nitrogens with one attached hydrogen (secondary N) is 2. The second-order valence-electron chi connectivity index (χ2n) is 6.66. The van der Waals surface area contributed by atoms with Gasteiger partial charge in [-0.15, -0.1) is 34.2 Å². The van der Waals surface area contributed by atoms with Crippen molar-refractivity contribution >= 4 is 29.9 Å². The first-order chi connectivity index (χ1) is 11.3. The lowest BCUT2D eigenvalue weighted by atomic mass is 9.67. The maximum atomic E-state index is 5.25. The number of fused-ring (bicyclic) bond motifs is 1. The minimum absolute atomic E-state index is 0.